The number of rotatable bonds is 8. The number of nitrogens with zero attached hydrogens (tertiary/aromatic N) is 2. The average molecular weight is 395 g/mol. The second kappa shape index (κ2) is 9.14. The van der Waals surface area contributed by atoms with Crippen molar-refractivity contribution in [3.8, 4) is 17.2 Å². The number of imidazole rings is 1. The van der Waals surface area contributed by atoms with Gasteiger partial charge in [0, 0.05) is 30.6 Å². The molecule has 29 heavy (non-hydrogen) atoms. The molecule has 0 saturated carbocycles. The van der Waals surface area contributed by atoms with E-state index in [-0.39, 0.29) is 5.91 Å². The van der Waals surface area contributed by atoms with Crippen LogP contribution in [0, 0.1) is 0 Å². The smallest absolute Gasteiger partial charge is 0.252 e. The van der Waals surface area contributed by atoms with Crippen molar-refractivity contribution in [2.24, 2.45) is 7.05 Å². The number of carbonyl (C=O) groups is 1. The molecular weight excluding hydrogens is 370 g/mol. The zero-order valence-electron chi connectivity index (χ0n) is 17.0. The summed E-state index contributed by atoms with van der Waals surface area (Å²) in [6.45, 7) is 2.35. The van der Waals surface area contributed by atoms with Crippen molar-refractivity contribution in [2.75, 3.05) is 20.8 Å². The highest BCUT2D eigenvalue weighted by Gasteiger charge is 2.24. The van der Waals surface area contributed by atoms with Crippen LogP contribution in [0.15, 0.2) is 54.9 Å². The molecule has 3 aromatic rings. The minimum absolute atomic E-state index is 0.257. The van der Waals surface area contributed by atoms with Gasteiger partial charge in [0.05, 0.1) is 20.8 Å². The Morgan fingerprint density at radius 3 is 2.52 bits per heavy atom. The van der Waals surface area contributed by atoms with Gasteiger partial charge in [-0.25, -0.2) is 4.98 Å². The number of hydrogen-bond acceptors (Lipinski definition) is 5. The fourth-order valence-corrected chi connectivity index (χ4v) is 3.14. The maximum absolute atomic E-state index is 13.1. The van der Waals surface area contributed by atoms with E-state index in [0.717, 1.165) is 5.56 Å². The second-order valence-electron chi connectivity index (χ2n) is 6.34. The van der Waals surface area contributed by atoms with E-state index in [9.17, 15) is 4.79 Å². The molecular formula is C22H25N3O4. The van der Waals surface area contributed by atoms with Crippen LogP contribution in [0.4, 0.5) is 0 Å². The molecule has 0 radical (unpaired) electrons. The molecule has 1 amide bonds. The molecule has 0 fully saturated rings. The number of methoxy groups -OCH3 is 2. The minimum Gasteiger partial charge on any atom is -0.496 e. The number of ether oxygens (including phenoxy) is 3. The molecule has 152 valence electrons. The van der Waals surface area contributed by atoms with E-state index in [4.69, 9.17) is 14.2 Å². The Bertz CT molecular complexity index is 984. The first-order chi connectivity index (χ1) is 14.1. The largest absolute Gasteiger partial charge is 0.496 e. The van der Waals surface area contributed by atoms with Gasteiger partial charge in [-0.3, -0.25) is 4.79 Å². The van der Waals surface area contributed by atoms with Gasteiger partial charge in [-0.15, -0.1) is 0 Å². The van der Waals surface area contributed by atoms with Crippen molar-refractivity contribution in [1.29, 1.82) is 0 Å². The van der Waals surface area contributed by atoms with Gasteiger partial charge in [0.1, 0.15) is 17.6 Å². The Morgan fingerprint density at radius 2 is 1.86 bits per heavy atom. The van der Waals surface area contributed by atoms with Gasteiger partial charge in [-0.2, -0.15) is 0 Å². The maximum Gasteiger partial charge on any atom is 0.252 e. The topological polar surface area (TPSA) is 74.6 Å². The van der Waals surface area contributed by atoms with Gasteiger partial charge in [0.25, 0.3) is 5.91 Å². The average Bonchev–Trinajstić information content (AvgIpc) is 3.17. The van der Waals surface area contributed by atoms with E-state index in [2.05, 4.69) is 10.3 Å². The summed E-state index contributed by atoms with van der Waals surface area (Å²) in [4.78, 5) is 17.5. The highest BCUT2D eigenvalue weighted by molar-refractivity contribution is 5.95. The van der Waals surface area contributed by atoms with E-state index >= 15 is 0 Å². The number of para-hydroxylation sites is 1. The van der Waals surface area contributed by atoms with Crippen LogP contribution < -0.4 is 19.5 Å². The van der Waals surface area contributed by atoms with E-state index in [1.165, 1.54) is 0 Å². The van der Waals surface area contributed by atoms with Gasteiger partial charge in [0.2, 0.25) is 0 Å². The van der Waals surface area contributed by atoms with Crippen LogP contribution in [-0.2, 0) is 7.05 Å². The minimum atomic E-state index is -0.490. The van der Waals surface area contributed by atoms with Crippen molar-refractivity contribution in [2.45, 2.75) is 13.0 Å². The van der Waals surface area contributed by atoms with Crippen molar-refractivity contribution in [1.82, 2.24) is 14.9 Å². The molecule has 0 spiro atoms. The number of nitrogens with one attached hydrogen (secondary N) is 1. The number of hydrogen-bond donors (Lipinski definition) is 1. The van der Waals surface area contributed by atoms with Gasteiger partial charge in [-0.1, -0.05) is 18.2 Å². The molecule has 0 aliphatic heterocycles. The zero-order valence-corrected chi connectivity index (χ0v) is 17.0. The molecule has 2 aromatic carbocycles. The first kappa shape index (κ1) is 20.3. The van der Waals surface area contributed by atoms with Crippen LogP contribution in [0.3, 0.4) is 0 Å². The van der Waals surface area contributed by atoms with Crippen LogP contribution in [0.1, 0.15) is 34.7 Å². The Kier molecular flexibility index (Phi) is 6.39. The van der Waals surface area contributed by atoms with Gasteiger partial charge in [0.15, 0.2) is 11.5 Å². The highest BCUT2D eigenvalue weighted by Crippen LogP contribution is 2.31. The fraction of sp³-hybridized carbons (Fsp3) is 0.273. The molecule has 1 atom stereocenters. The van der Waals surface area contributed by atoms with E-state index in [1.807, 2.05) is 49.0 Å². The standard InChI is InChI=1S/C22H25N3O4/c1-5-29-19-14-15(10-11-18(19)28-4)22(26)24-20(21-23-12-13-25(21)2)16-8-6-7-9-17(16)27-3/h6-14,20H,5H2,1-4H3,(H,24,26). The molecule has 0 aliphatic rings. The summed E-state index contributed by atoms with van der Waals surface area (Å²) < 4.78 is 18.3. The lowest BCUT2D eigenvalue weighted by molar-refractivity contribution is 0.0940. The molecule has 1 unspecified atom stereocenters. The van der Waals surface area contributed by atoms with E-state index in [0.29, 0.717) is 35.2 Å². The predicted octanol–water partition coefficient (Wildman–Crippen LogP) is 3.36. The predicted molar refractivity (Wildman–Crippen MR) is 110 cm³/mol. The number of aromatic nitrogens is 2. The Labute approximate surface area is 170 Å². The number of carbonyl (C=O) groups excluding carboxylic acids is 1. The zero-order chi connectivity index (χ0) is 20.8. The summed E-state index contributed by atoms with van der Waals surface area (Å²) in [5, 5.41) is 3.08. The van der Waals surface area contributed by atoms with E-state index in [1.54, 1.807) is 38.6 Å². The third-order valence-electron chi connectivity index (χ3n) is 4.57. The molecule has 1 aromatic heterocycles. The summed E-state index contributed by atoms with van der Waals surface area (Å²) in [6, 6.07) is 12.2. The molecule has 1 heterocycles. The first-order valence-corrected chi connectivity index (χ1v) is 9.30. The third-order valence-corrected chi connectivity index (χ3v) is 4.57. The van der Waals surface area contributed by atoms with E-state index < -0.39 is 6.04 Å². The van der Waals surface area contributed by atoms with Crippen LogP contribution in [0.25, 0.3) is 0 Å². The third kappa shape index (κ3) is 4.34. The molecule has 0 aliphatic carbocycles. The van der Waals surface area contributed by atoms with Crippen molar-refractivity contribution < 1.29 is 19.0 Å². The molecule has 0 saturated heterocycles. The lowest BCUT2D eigenvalue weighted by Crippen LogP contribution is -2.31. The number of benzene rings is 2. The SMILES string of the molecule is CCOc1cc(C(=O)NC(c2ccccc2OC)c2nccn2C)ccc1OC. The summed E-state index contributed by atoms with van der Waals surface area (Å²) in [5.41, 5.74) is 1.28. The Morgan fingerprint density at radius 1 is 1.10 bits per heavy atom. The molecule has 0 bridgehead atoms. The van der Waals surface area contributed by atoms with Gasteiger partial charge in [-0.05, 0) is 31.2 Å². The first-order valence-electron chi connectivity index (χ1n) is 9.30. The molecule has 3 rings (SSSR count). The monoisotopic (exact) mass is 395 g/mol. The summed E-state index contributed by atoms with van der Waals surface area (Å²) in [6.07, 6.45) is 3.54. The molecule has 7 heteroatoms. The number of amides is 1. The van der Waals surface area contributed by atoms with Gasteiger partial charge < -0.3 is 24.1 Å². The Balaban J connectivity index is 1.97. The van der Waals surface area contributed by atoms with Crippen LogP contribution in [-0.4, -0.2) is 36.3 Å². The summed E-state index contributed by atoms with van der Waals surface area (Å²) >= 11 is 0. The van der Waals surface area contributed by atoms with Crippen LogP contribution >= 0.6 is 0 Å². The van der Waals surface area contributed by atoms with Crippen molar-refractivity contribution in [3.05, 3.63) is 71.8 Å². The van der Waals surface area contributed by atoms with Crippen LogP contribution in [0.5, 0.6) is 17.2 Å². The van der Waals surface area contributed by atoms with Crippen molar-refractivity contribution in [3.63, 3.8) is 0 Å². The lowest BCUT2D eigenvalue weighted by atomic mass is 10.0. The van der Waals surface area contributed by atoms with Crippen molar-refractivity contribution >= 4 is 5.91 Å². The summed E-state index contributed by atoms with van der Waals surface area (Å²) in [7, 11) is 5.06. The summed E-state index contributed by atoms with van der Waals surface area (Å²) in [5.74, 6) is 2.21. The van der Waals surface area contributed by atoms with Crippen LogP contribution in [0.2, 0.25) is 0 Å². The van der Waals surface area contributed by atoms with Gasteiger partial charge >= 0.3 is 0 Å². The second-order valence-corrected chi connectivity index (χ2v) is 6.34. The number of aryl methyl sites for hydroxylation is 1. The fourth-order valence-electron chi connectivity index (χ4n) is 3.14. The highest BCUT2D eigenvalue weighted by atomic mass is 16.5. The normalized spacial score (nSPS) is 11.6. The molecule has 7 nitrogen and oxygen atoms in total. The quantitative estimate of drug-likeness (QED) is 0.633. The Hall–Kier alpha value is -3.48. The maximum atomic E-state index is 13.1. The lowest BCUT2D eigenvalue weighted by Gasteiger charge is -2.21. The molecule has 1 N–H and O–H groups in total.